The molecule has 2 aromatic carbocycles. The molecule has 3 rings (SSSR count). The van der Waals surface area contributed by atoms with Crippen LogP contribution in [-0.4, -0.2) is 9.55 Å². The molecule has 102 valence electrons. The van der Waals surface area contributed by atoms with Gasteiger partial charge in [-0.25, -0.2) is 4.98 Å². The van der Waals surface area contributed by atoms with Crippen LogP contribution >= 0.6 is 39.1 Å². The van der Waals surface area contributed by atoms with Gasteiger partial charge in [-0.15, -0.1) is 11.6 Å². The molecule has 5 heteroatoms. The molecule has 1 aromatic heterocycles. The van der Waals surface area contributed by atoms with E-state index in [1.165, 1.54) is 5.56 Å². The molecule has 0 atom stereocenters. The van der Waals surface area contributed by atoms with Gasteiger partial charge in [-0.3, -0.25) is 0 Å². The van der Waals surface area contributed by atoms with Crippen molar-refractivity contribution in [2.24, 2.45) is 0 Å². The van der Waals surface area contributed by atoms with Gasteiger partial charge in [0.15, 0.2) is 0 Å². The zero-order valence-corrected chi connectivity index (χ0v) is 13.6. The van der Waals surface area contributed by atoms with Gasteiger partial charge in [-0.2, -0.15) is 0 Å². The van der Waals surface area contributed by atoms with Crippen molar-refractivity contribution in [1.82, 2.24) is 9.55 Å². The SMILES string of the molecule is ClCc1nc2ccc(Br)cc2n1Cc1ccc(Cl)cc1. The maximum absolute atomic E-state index is 6.02. The van der Waals surface area contributed by atoms with Crippen LogP contribution in [0.5, 0.6) is 0 Å². The fraction of sp³-hybridized carbons (Fsp3) is 0.133. The summed E-state index contributed by atoms with van der Waals surface area (Å²) in [6.07, 6.45) is 0. The minimum atomic E-state index is 0.389. The Balaban J connectivity index is 2.08. The zero-order valence-electron chi connectivity index (χ0n) is 10.5. The molecule has 0 saturated carbocycles. The Morgan fingerprint density at radius 2 is 1.85 bits per heavy atom. The second-order valence-corrected chi connectivity index (χ2v) is 6.13. The molecule has 0 bridgehead atoms. The van der Waals surface area contributed by atoms with E-state index in [2.05, 4.69) is 31.5 Å². The Morgan fingerprint density at radius 3 is 2.55 bits per heavy atom. The predicted molar refractivity (Wildman–Crippen MR) is 87.5 cm³/mol. The Bertz CT molecular complexity index is 750. The van der Waals surface area contributed by atoms with Crippen molar-refractivity contribution >= 4 is 50.2 Å². The molecule has 0 spiro atoms. The molecule has 1 heterocycles. The monoisotopic (exact) mass is 368 g/mol. The van der Waals surface area contributed by atoms with Crippen LogP contribution in [0.4, 0.5) is 0 Å². The lowest BCUT2D eigenvalue weighted by Gasteiger charge is -2.08. The number of aromatic nitrogens is 2. The topological polar surface area (TPSA) is 17.8 Å². The van der Waals surface area contributed by atoms with E-state index in [-0.39, 0.29) is 0 Å². The molecule has 0 fully saturated rings. The van der Waals surface area contributed by atoms with Crippen molar-refractivity contribution in [1.29, 1.82) is 0 Å². The highest BCUT2D eigenvalue weighted by Gasteiger charge is 2.10. The molecule has 0 radical (unpaired) electrons. The van der Waals surface area contributed by atoms with Crippen molar-refractivity contribution in [2.45, 2.75) is 12.4 Å². The summed E-state index contributed by atoms with van der Waals surface area (Å²) in [4.78, 5) is 4.57. The first kappa shape index (κ1) is 13.9. The first-order valence-corrected chi connectivity index (χ1v) is 7.83. The molecule has 0 aliphatic heterocycles. The molecular weight excluding hydrogens is 359 g/mol. The lowest BCUT2D eigenvalue weighted by Crippen LogP contribution is -2.03. The van der Waals surface area contributed by atoms with Crippen LogP contribution in [-0.2, 0) is 12.4 Å². The Kier molecular flexibility index (Phi) is 4.01. The lowest BCUT2D eigenvalue weighted by atomic mass is 10.2. The standard InChI is InChI=1S/C15H11BrCl2N2/c16-11-3-6-13-14(7-11)20(15(8-17)19-13)9-10-1-4-12(18)5-2-10/h1-7H,8-9H2. The average Bonchev–Trinajstić information content (AvgIpc) is 2.79. The van der Waals surface area contributed by atoms with Gasteiger partial charge in [0.25, 0.3) is 0 Å². The van der Waals surface area contributed by atoms with E-state index in [0.29, 0.717) is 5.88 Å². The molecule has 0 aliphatic carbocycles. The maximum atomic E-state index is 6.02. The molecule has 3 aromatic rings. The van der Waals surface area contributed by atoms with Crippen LogP contribution < -0.4 is 0 Å². The first-order valence-electron chi connectivity index (χ1n) is 6.12. The average molecular weight is 370 g/mol. The molecule has 0 amide bonds. The molecule has 0 aliphatic rings. The third kappa shape index (κ3) is 2.71. The van der Waals surface area contributed by atoms with Crippen molar-refractivity contribution in [3.8, 4) is 0 Å². The Labute approximate surface area is 135 Å². The van der Waals surface area contributed by atoms with Crippen LogP contribution in [0.2, 0.25) is 5.02 Å². The van der Waals surface area contributed by atoms with Gasteiger partial charge in [0.05, 0.1) is 16.9 Å². The van der Waals surface area contributed by atoms with Gasteiger partial charge in [0.2, 0.25) is 0 Å². The van der Waals surface area contributed by atoms with Crippen LogP contribution in [0, 0.1) is 0 Å². The maximum Gasteiger partial charge on any atom is 0.125 e. The fourth-order valence-corrected chi connectivity index (χ4v) is 2.88. The summed E-state index contributed by atoms with van der Waals surface area (Å²) in [6.45, 7) is 0.728. The summed E-state index contributed by atoms with van der Waals surface area (Å²) in [5.74, 6) is 1.26. The number of hydrogen-bond acceptors (Lipinski definition) is 1. The van der Waals surface area contributed by atoms with Gasteiger partial charge in [-0.1, -0.05) is 39.7 Å². The predicted octanol–water partition coefficient (Wildman–Crippen LogP) is 5.24. The van der Waals surface area contributed by atoms with E-state index in [1.54, 1.807) is 0 Å². The van der Waals surface area contributed by atoms with Gasteiger partial charge < -0.3 is 4.57 Å². The third-order valence-corrected chi connectivity index (χ3v) is 4.15. The number of imidazole rings is 1. The van der Waals surface area contributed by atoms with E-state index in [1.807, 2.05) is 36.4 Å². The van der Waals surface area contributed by atoms with Gasteiger partial charge in [0.1, 0.15) is 5.82 Å². The summed E-state index contributed by atoms with van der Waals surface area (Å²) in [7, 11) is 0. The molecule has 0 N–H and O–H groups in total. The normalized spacial score (nSPS) is 11.2. The summed E-state index contributed by atoms with van der Waals surface area (Å²) in [5.41, 5.74) is 3.20. The van der Waals surface area contributed by atoms with Crippen LogP contribution in [0.15, 0.2) is 46.9 Å². The Morgan fingerprint density at radius 1 is 1.10 bits per heavy atom. The van der Waals surface area contributed by atoms with Crippen LogP contribution in [0.1, 0.15) is 11.4 Å². The minimum absolute atomic E-state index is 0.389. The smallest absolute Gasteiger partial charge is 0.125 e. The molecular formula is C15H11BrCl2N2. The molecule has 20 heavy (non-hydrogen) atoms. The van der Waals surface area contributed by atoms with Gasteiger partial charge in [0, 0.05) is 16.0 Å². The van der Waals surface area contributed by atoms with Crippen molar-refractivity contribution < 1.29 is 0 Å². The number of hydrogen-bond donors (Lipinski definition) is 0. The summed E-state index contributed by atoms with van der Waals surface area (Å²) in [5, 5.41) is 0.740. The highest BCUT2D eigenvalue weighted by atomic mass is 79.9. The lowest BCUT2D eigenvalue weighted by molar-refractivity contribution is 0.778. The van der Waals surface area contributed by atoms with E-state index in [4.69, 9.17) is 23.2 Å². The first-order chi connectivity index (χ1) is 9.67. The number of alkyl halides is 1. The number of fused-ring (bicyclic) bond motifs is 1. The zero-order chi connectivity index (χ0) is 14.1. The number of rotatable bonds is 3. The fourth-order valence-electron chi connectivity index (χ4n) is 2.20. The highest BCUT2D eigenvalue weighted by molar-refractivity contribution is 9.10. The van der Waals surface area contributed by atoms with Crippen LogP contribution in [0.25, 0.3) is 11.0 Å². The van der Waals surface area contributed by atoms with Crippen molar-refractivity contribution in [3.63, 3.8) is 0 Å². The largest absolute Gasteiger partial charge is 0.322 e. The third-order valence-electron chi connectivity index (χ3n) is 3.16. The summed E-state index contributed by atoms with van der Waals surface area (Å²) in [6, 6.07) is 13.9. The number of nitrogens with zero attached hydrogens (tertiary/aromatic N) is 2. The van der Waals surface area contributed by atoms with E-state index in [9.17, 15) is 0 Å². The van der Waals surface area contributed by atoms with E-state index >= 15 is 0 Å². The summed E-state index contributed by atoms with van der Waals surface area (Å²) < 4.78 is 3.17. The minimum Gasteiger partial charge on any atom is -0.322 e. The Hall–Kier alpha value is -1.03. The second-order valence-electron chi connectivity index (χ2n) is 4.51. The quantitative estimate of drug-likeness (QED) is 0.577. The van der Waals surface area contributed by atoms with Gasteiger partial charge in [-0.05, 0) is 35.9 Å². The summed E-state index contributed by atoms with van der Waals surface area (Å²) >= 11 is 15.4. The van der Waals surface area contributed by atoms with E-state index < -0.39 is 0 Å². The highest BCUT2D eigenvalue weighted by Crippen LogP contribution is 2.23. The van der Waals surface area contributed by atoms with Crippen molar-refractivity contribution in [3.05, 3.63) is 63.3 Å². The number of halogens is 3. The molecule has 0 unspecified atom stereocenters. The van der Waals surface area contributed by atoms with Crippen LogP contribution in [0.3, 0.4) is 0 Å². The second kappa shape index (κ2) is 5.76. The van der Waals surface area contributed by atoms with E-state index in [0.717, 1.165) is 32.9 Å². The van der Waals surface area contributed by atoms with Gasteiger partial charge >= 0.3 is 0 Å². The molecule has 2 nitrogen and oxygen atoms in total. The molecule has 0 saturated heterocycles. The number of benzene rings is 2. The van der Waals surface area contributed by atoms with Crippen molar-refractivity contribution in [2.75, 3.05) is 0 Å².